The van der Waals surface area contributed by atoms with Crippen LogP contribution in [0, 0.1) is 0 Å². The minimum absolute atomic E-state index is 0. The summed E-state index contributed by atoms with van der Waals surface area (Å²) in [7, 11) is 0. The zero-order valence-electron chi connectivity index (χ0n) is 13.2. The van der Waals surface area contributed by atoms with Gasteiger partial charge in [0.2, 0.25) is 5.91 Å². The number of pyridine rings is 1. The molecule has 2 rings (SSSR count). The fourth-order valence-corrected chi connectivity index (χ4v) is 2.34. The Bertz CT molecular complexity index is 696. The molecule has 25 heavy (non-hydrogen) atoms. The van der Waals surface area contributed by atoms with Crippen molar-refractivity contribution in [3.8, 4) is 0 Å². The average Bonchev–Trinajstić information content (AvgIpc) is 2.53. The standard InChI is InChI=1S/C17H16ClF3N2O.BrH/c18-14-8-7-13(17(19,20)21)12-15(14)22-16(24)6-2-5-11-23-9-3-1-4-10-23;/h1,3-4,7-10,12H,2,5-6,11H2;1H. The lowest BCUT2D eigenvalue weighted by atomic mass is 10.1. The van der Waals surface area contributed by atoms with Crippen LogP contribution in [0.4, 0.5) is 18.9 Å². The first-order valence-corrected chi connectivity index (χ1v) is 7.85. The highest BCUT2D eigenvalue weighted by atomic mass is 79.9. The van der Waals surface area contributed by atoms with E-state index in [-0.39, 0.29) is 40.0 Å². The molecule has 1 heterocycles. The van der Waals surface area contributed by atoms with Crippen molar-refractivity contribution in [1.29, 1.82) is 0 Å². The fraction of sp³-hybridized carbons (Fsp3) is 0.294. The minimum Gasteiger partial charge on any atom is -1.00 e. The molecule has 1 aromatic carbocycles. The lowest BCUT2D eigenvalue weighted by Gasteiger charge is -2.11. The number of hydrogen-bond acceptors (Lipinski definition) is 1. The number of anilines is 1. The van der Waals surface area contributed by atoms with Gasteiger partial charge >= 0.3 is 6.18 Å². The topological polar surface area (TPSA) is 33.0 Å². The van der Waals surface area contributed by atoms with E-state index in [9.17, 15) is 18.0 Å². The normalized spacial score (nSPS) is 10.9. The molecule has 0 aliphatic rings. The van der Waals surface area contributed by atoms with E-state index in [1.807, 2.05) is 35.2 Å². The number of amides is 1. The summed E-state index contributed by atoms with van der Waals surface area (Å²) in [5.74, 6) is -0.353. The molecular weight excluding hydrogens is 421 g/mol. The second-order valence-corrected chi connectivity index (χ2v) is 5.72. The van der Waals surface area contributed by atoms with Crippen molar-refractivity contribution in [2.45, 2.75) is 32.0 Å². The van der Waals surface area contributed by atoms with Gasteiger partial charge in [-0.05, 0) is 24.6 Å². The fourth-order valence-electron chi connectivity index (χ4n) is 2.17. The minimum atomic E-state index is -4.48. The third kappa shape index (κ3) is 7.04. The quantitative estimate of drug-likeness (QED) is 0.539. The molecule has 2 aromatic rings. The van der Waals surface area contributed by atoms with E-state index in [4.69, 9.17) is 11.6 Å². The number of carbonyl (C=O) groups excluding carboxylic acids is 1. The van der Waals surface area contributed by atoms with Crippen molar-refractivity contribution >= 4 is 23.2 Å². The molecule has 8 heteroatoms. The molecule has 0 aliphatic heterocycles. The average molecular weight is 438 g/mol. The van der Waals surface area contributed by atoms with E-state index in [0.29, 0.717) is 6.42 Å². The highest BCUT2D eigenvalue weighted by Crippen LogP contribution is 2.33. The number of benzene rings is 1. The second-order valence-electron chi connectivity index (χ2n) is 5.31. The van der Waals surface area contributed by atoms with Crippen molar-refractivity contribution in [1.82, 2.24) is 0 Å². The van der Waals surface area contributed by atoms with Gasteiger partial charge in [-0.3, -0.25) is 4.79 Å². The van der Waals surface area contributed by atoms with E-state index in [1.165, 1.54) is 0 Å². The van der Waals surface area contributed by atoms with E-state index >= 15 is 0 Å². The Kier molecular flexibility index (Phi) is 8.38. The van der Waals surface area contributed by atoms with Gasteiger partial charge in [0.15, 0.2) is 12.4 Å². The summed E-state index contributed by atoms with van der Waals surface area (Å²) in [4.78, 5) is 11.9. The van der Waals surface area contributed by atoms with Crippen LogP contribution in [-0.4, -0.2) is 5.91 Å². The maximum atomic E-state index is 12.7. The van der Waals surface area contributed by atoms with Gasteiger partial charge in [0, 0.05) is 25.0 Å². The molecule has 3 nitrogen and oxygen atoms in total. The van der Waals surface area contributed by atoms with Crippen LogP contribution in [0.5, 0.6) is 0 Å². The van der Waals surface area contributed by atoms with E-state index in [2.05, 4.69) is 5.32 Å². The van der Waals surface area contributed by atoms with Gasteiger partial charge in [-0.1, -0.05) is 17.7 Å². The number of alkyl halides is 3. The summed E-state index contributed by atoms with van der Waals surface area (Å²) in [5.41, 5.74) is -0.864. The third-order valence-electron chi connectivity index (χ3n) is 3.42. The van der Waals surface area contributed by atoms with Gasteiger partial charge in [-0.2, -0.15) is 13.2 Å². The molecule has 0 aliphatic carbocycles. The zero-order valence-corrected chi connectivity index (χ0v) is 15.5. The smallest absolute Gasteiger partial charge is 0.416 e. The van der Waals surface area contributed by atoms with Crippen LogP contribution in [0.15, 0.2) is 48.8 Å². The number of halogens is 5. The number of hydrogen-bond donors (Lipinski definition) is 1. The number of unbranched alkanes of at least 4 members (excludes halogenated alkanes) is 1. The Balaban J connectivity index is 0.00000312. The van der Waals surface area contributed by atoms with E-state index < -0.39 is 11.7 Å². The highest BCUT2D eigenvalue weighted by Gasteiger charge is 2.31. The first kappa shape index (κ1) is 21.4. The summed E-state index contributed by atoms with van der Waals surface area (Å²) in [6.07, 6.45) is 1.03. The van der Waals surface area contributed by atoms with Gasteiger partial charge in [0.25, 0.3) is 0 Å². The molecule has 0 unspecified atom stereocenters. The van der Waals surface area contributed by atoms with Gasteiger partial charge in [0.05, 0.1) is 16.3 Å². The summed E-state index contributed by atoms with van der Waals surface area (Å²) in [5, 5.41) is 2.52. The van der Waals surface area contributed by atoms with Crippen molar-refractivity contribution in [3.05, 3.63) is 59.4 Å². The highest BCUT2D eigenvalue weighted by molar-refractivity contribution is 6.33. The number of aryl methyl sites for hydroxylation is 1. The zero-order chi connectivity index (χ0) is 17.6. The third-order valence-corrected chi connectivity index (χ3v) is 3.74. The SMILES string of the molecule is O=C(CCCC[n+]1ccccc1)Nc1cc(C(F)(F)F)ccc1Cl.[Br-]. The van der Waals surface area contributed by atoms with Crippen molar-refractivity contribution in [2.75, 3.05) is 5.32 Å². The number of carbonyl (C=O) groups is 1. The Morgan fingerprint density at radius 3 is 2.44 bits per heavy atom. The first-order chi connectivity index (χ1) is 11.4. The molecule has 1 amide bonds. The van der Waals surface area contributed by atoms with E-state index in [0.717, 1.165) is 31.2 Å². The molecule has 136 valence electrons. The largest absolute Gasteiger partial charge is 1.00 e. The molecule has 0 spiro atoms. The van der Waals surface area contributed by atoms with Gasteiger partial charge < -0.3 is 22.3 Å². The van der Waals surface area contributed by atoms with Crippen LogP contribution < -0.4 is 26.9 Å². The Hall–Kier alpha value is -1.60. The molecule has 1 aromatic heterocycles. The van der Waals surface area contributed by atoms with Crippen LogP contribution in [0.25, 0.3) is 0 Å². The predicted octanol–water partition coefficient (Wildman–Crippen LogP) is 1.46. The van der Waals surface area contributed by atoms with Gasteiger partial charge in [0.1, 0.15) is 6.54 Å². The van der Waals surface area contributed by atoms with Crippen molar-refractivity contribution in [3.63, 3.8) is 0 Å². The predicted molar refractivity (Wildman–Crippen MR) is 85.6 cm³/mol. The number of nitrogens with one attached hydrogen (secondary N) is 1. The summed E-state index contributed by atoms with van der Waals surface area (Å²) >= 11 is 5.85. The molecule has 0 saturated carbocycles. The maximum absolute atomic E-state index is 12.7. The molecule has 0 fully saturated rings. The molecule has 0 bridgehead atoms. The number of nitrogens with zero attached hydrogens (tertiary/aromatic N) is 1. The number of rotatable bonds is 6. The van der Waals surface area contributed by atoms with Crippen LogP contribution in [0.1, 0.15) is 24.8 Å². The summed E-state index contributed by atoms with van der Waals surface area (Å²) < 4.78 is 40.1. The lowest BCUT2D eigenvalue weighted by Crippen LogP contribution is -3.00. The second kappa shape index (κ2) is 9.77. The molecular formula is C17H17BrClF3N2O. The Morgan fingerprint density at radius 1 is 1.12 bits per heavy atom. The van der Waals surface area contributed by atoms with Crippen molar-refractivity contribution in [2.24, 2.45) is 0 Å². The Labute approximate surface area is 159 Å². The summed E-state index contributed by atoms with van der Waals surface area (Å²) in [6.45, 7) is 0.776. The van der Waals surface area contributed by atoms with Crippen LogP contribution in [0.2, 0.25) is 5.02 Å². The maximum Gasteiger partial charge on any atom is 0.416 e. The molecule has 0 saturated heterocycles. The van der Waals surface area contributed by atoms with Gasteiger partial charge in [-0.15, -0.1) is 0 Å². The van der Waals surface area contributed by atoms with Crippen LogP contribution in [0.3, 0.4) is 0 Å². The molecule has 1 N–H and O–H groups in total. The van der Waals surface area contributed by atoms with Crippen LogP contribution >= 0.6 is 11.6 Å². The Morgan fingerprint density at radius 2 is 1.80 bits per heavy atom. The lowest BCUT2D eigenvalue weighted by molar-refractivity contribution is -0.697. The monoisotopic (exact) mass is 436 g/mol. The first-order valence-electron chi connectivity index (χ1n) is 7.47. The van der Waals surface area contributed by atoms with Crippen molar-refractivity contribution < 1.29 is 39.5 Å². The van der Waals surface area contributed by atoms with E-state index in [1.54, 1.807) is 0 Å². The summed E-state index contributed by atoms with van der Waals surface area (Å²) in [6, 6.07) is 8.62. The van der Waals surface area contributed by atoms with Gasteiger partial charge in [-0.25, -0.2) is 4.57 Å². The molecule has 0 radical (unpaired) electrons. The van der Waals surface area contributed by atoms with Crippen LogP contribution in [-0.2, 0) is 17.5 Å². The molecule has 0 atom stereocenters. The number of aromatic nitrogens is 1.